The Hall–Kier alpha value is -1.38. The number of aromatic nitrogens is 1. The Bertz CT molecular complexity index is 415. The Labute approximate surface area is 122 Å². The fraction of sp³-hybridized carbons (Fsp3) is 0.647. The fourth-order valence-electron chi connectivity index (χ4n) is 2.49. The number of rotatable bonds is 10. The molecule has 0 atom stereocenters. The number of aryl methyl sites for hydroxylation is 2. The van der Waals surface area contributed by atoms with Gasteiger partial charge in [0, 0.05) is 25.0 Å². The van der Waals surface area contributed by atoms with Crippen molar-refractivity contribution in [3.63, 3.8) is 0 Å². The maximum absolute atomic E-state index is 10.4. The summed E-state index contributed by atoms with van der Waals surface area (Å²) in [5.74, 6) is -0.670. The first-order chi connectivity index (χ1) is 9.61. The molecule has 1 rings (SSSR count). The van der Waals surface area contributed by atoms with Gasteiger partial charge in [0.25, 0.3) is 0 Å². The van der Waals surface area contributed by atoms with E-state index in [4.69, 9.17) is 5.11 Å². The molecule has 3 nitrogen and oxygen atoms in total. The van der Waals surface area contributed by atoms with E-state index < -0.39 is 5.97 Å². The lowest BCUT2D eigenvalue weighted by Gasteiger charge is -2.04. The van der Waals surface area contributed by atoms with Crippen LogP contribution in [0.5, 0.6) is 0 Å². The minimum absolute atomic E-state index is 0.324. The Morgan fingerprint density at radius 3 is 2.35 bits per heavy atom. The fourth-order valence-corrected chi connectivity index (χ4v) is 2.49. The van der Waals surface area contributed by atoms with E-state index in [9.17, 15) is 4.79 Å². The highest BCUT2D eigenvalue weighted by molar-refractivity contribution is 5.66. The lowest BCUT2D eigenvalue weighted by molar-refractivity contribution is -0.678. The zero-order valence-corrected chi connectivity index (χ0v) is 12.9. The van der Waals surface area contributed by atoms with E-state index >= 15 is 0 Å². The maximum Gasteiger partial charge on any atom is 0.303 e. The van der Waals surface area contributed by atoms with Crippen molar-refractivity contribution in [2.75, 3.05) is 0 Å². The quantitative estimate of drug-likeness (QED) is 0.525. The molecule has 0 aliphatic carbocycles. The second kappa shape index (κ2) is 9.51. The molecule has 0 aliphatic rings. The van der Waals surface area contributed by atoms with E-state index in [1.54, 1.807) is 0 Å². The van der Waals surface area contributed by atoms with Crippen LogP contribution in [-0.4, -0.2) is 11.1 Å². The summed E-state index contributed by atoms with van der Waals surface area (Å²) >= 11 is 0. The molecule has 1 aromatic heterocycles. The lowest BCUT2D eigenvalue weighted by Crippen LogP contribution is -2.32. The van der Waals surface area contributed by atoms with Gasteiger partial charge in [0.2, 0.25) is 0 Å². The van der Waals surface area contributed by atoms with Crippen LogP contribution in [0.3, 0.4) is 0 Å². The highest BCUT2D eigenvalue weighted by Gasteiger charge is 2.06. The van der Waals surface area contributed by atoms with E-state index in [2.05, 4.69) is 36.9 Å². The standard InChI is InChI=1S/C17H27NO2/c1-15-16(12-10-14-18(15)2)11-8-6-4-3-5-7-9-13-17(19)20/h10,12,14H,3-9,11,13H2,1-2H3/p+1. The molecule has 112 valence electrons. The molecule has 0 bridgehead atoms. The summed E-state index contributed by atoms with van der Waals surface area (Å²) in [6.45, 7) is 2.18. The van der Waals surface area contributed by atoms with Gasteiger partial charge in [-0.25, -0.2) is 4.57 Å². The molecule has 1 aromatic rings. The predicted molar refractivity (Wildman–Crippen MR) is 80.6 cm³/mol. The number of carboxylic acids is 1. The van der Waals surface area contributed by atoms with Gasteiger partial charge in [0.1, 0.15) is 7.05 Å². The van der Waals surface area contributed by atoms with Crippen LogP contribution >= 0.6 is 0 Å². The third-order valence-electron chi connectivity index (χ3n) is 3.94. The number of aliphatic carboxylic acids is 1. The zero-order valence-electron chi connectivity index (χ0n) is 12.9. The van der Waals surface area contributed by atoms with Gasteiger partial charge in [-0.2, -0.15) is 0 Å². The number of unbranched alkanes of at least 4 members (excludes halogenated alkanes) is 6. The Morgan fingerprint density at radius 1 is 1.10 bits per heavy atom. The highest BCUT2D eigenvalue weighted by atomic mass is 16.4. The van der Waals surface area contributed by atoms with Crippen molar-refractivity contribution < 1.29 is 14.5 Å². The molecular weight excluding hydrogens is 250 g/mol. The smallest absolute Gasteiger partial charge is 0.303 e. The zero-order chi connectivity index (χ0) is 14.8. The monoisotopic (exact) mass is 278 g/mol. The van der Waals surface area contributed by atoms with E-state index in [1.807, 2.05) is 0 Å². The van der Waals surface area contributed by atoms with Crippen molar-refractivity contribution in [1.82, 2.24) is 0 Å². The molecule has 3 heteroatoms. The van der Waals surface area contributed by atoms with Crippen molar-refractivity contribution >= 4 is 5.97 Å². The summed E-state index contributed by atoms with van der Waals surface area (Å²) in [5, 5.41) is 8.53. The second-order valence-corrected chi connectivity index (χ2v) is 5.60. The Balaban J connectivity index is 2.02. The molecule has 20 heavy (non-hydrogen) atoms. The molecule has 1 heterocycles. The normalized spacial score (nSPS) is 10.7. The van der Waals surface area contributed by atoms with Gasteiger partial charge in [-0.15, -0.1) is 0 Å². The topological polar surface area (TPSA) is 41.2 Å². The first kappa shape index (κ1) is 16.7. The number of nitrogens with zero attached hydrogens (tertiary/aromatic N) is 1. The first-order valence-corrected chi connectivity index (χ1v) is 7.77. The SMILES string of the molecule is Cc1c(CCCCCCCCCC(=O)O)ccc[n+]1C. The molecule has 0 amide bonds. The number of carbonyl (C=O) groups is 1. The molecular formula is C17H28NO2+. The summed E-state index contributed by atoms with van der Waals surface area (Å²) in [7, 11) is 2.09. The van der Waals surface area contributed by atoms with E-state index in [1.165, 1.54) is 49.8 Å². The van der Waals surface area contributed by atoms with Crippen LogP contribution in [0.4, 0.5) is 0 Å². The predicted octanol–water partition coefficient (Wildman–Crippen LogP) is 3.57. The van der Waals surface area contributed by atoms with Gasteiger partial charge >= 0.3 is 5.97 Å². The van der Waals surface area contributed by atoms with Crippen molar-refractivity contribution in [2.24, 2.45) is 7.05 Å². The third kappa shape index (κ3) is 6.69. The maximum atomic E-state index is 10.4. The van der Waals surface area contributed by atoms with Gasteiger partial charge in [-0.3, -0.25) is 4.79 Å². The van der Waals surface area contributed by atoms with Gasteiger partial charge in [0.15, 0.2) is 11.9 Å². The van der Waals surface area contributed by atoms with Crippen molar-refractivity contribution in [1.29, 1.82) is 0 Å². The number of carboxylic acid groups (broad SMARTS) is 1. The van der Waals surface area contributed by atoms with E-state index in [-0.39, 0.29) is 0 Å². The summed E-state index contributed by atoms with van der Waals surface area (Å²) in [6.07, 6.45) is 11.7. The Morgan fingerprint density at radius 2 is 1.70 bits per heavy atom. The summed E-state index contributed by atoms with van der Waals surface area (Å²) in [6, 6.07) is 4.34. The molecule has 0 radical (unpaired) electrons. The van der Waals surface area contributed by atoms with Crippen molar-refractivity contribution in [3.05, 3.63) is 29.6 Å². The van der Waals surface area contributed by atoms with Crippen molar-refractivity contribution in [3.8, 4) is 0 Å². The summed E-state index contributed by atoms with van der Waals surface area (Å²) < 4.78 is 2.18. The highest BCUT2D eigenvalue weighted by Crippen LogP contribution is 2.12. The third-order valence-corrected chi connectivity index (χ3v) is 3.94. The van der Waals surface area contributed by atoms with E-state index in [0.29, 0.717) is 6.42 Å². The van der Waals surface area contributed by atoms with Crippen LogP contribution in [0.1, 0.15) is 62.6 Å². The minimum atomic E-state index is -0.670. The number of hydrogen-bond acceptors (Lipinski definition) is 1. The molecule has 1 N–H and O–H groups in total. The van der Waals surface area contributed by atoms with Gasteiger partial charge in [-0.1, -0.05) is 32.1 Å². The second-order valence-electron chi connectivity index (χ2n) is 5.60. The number of hydrogen-bond donors (Lipinski definition) is 1. The Kier molecular flexibility index (Phi) is 7.93. The van der Waals surface area contributed by atoms with Gasteiger partial charge < -0.3 is 5.11 Å². The summed E-state index contributed by atoms with van der Waals surface area (Å²) in [5.41, 5.74) is 2.82. The van der Waals surface area contributed by atoms with Gasteiger partial charge in [-0.05, 0) is 25.3 Å². The van der Waals surface area contributed by atoms with Crippen molar-refractivity contribution in [2.45, 2.75) is 64.7 Å². The van der Waals surface area contributed by atoms with Crippen LogP contribution in [0, 0.1) is 6.92 Å². The van der Waals surface area contributed by atoms with Crippen LogP contribution in [0.15, 0.2) is 18.3 Å². The first-order valence-electron chi connectivity index (χ1n) is 7.77. The van der Waals surface area contributed by atoms with Crippen LogP contribution in [0.2, 0.25) is 0 Å². The molecule has 0 unspecified atom stereocenters. The molecule has 0 fully saturated rings. The molecule has 0 aliphatic heterocycles. The molecule has 0 aromatic carbocycles. The minimum Gasteiger partial charge on any atom is -0.481 e. The molecule has 0 saturated heterocycles. The molecule has 0 saturated carbocycles. The summed E-state index contributed by atoms with van der Waals surface area (Å²) in [4.78, 5) is 10.4. The average molecular weight is 278 g/mol. The molecule has 0 spiro atoms. The average Bonchev–Trinajstić information content (AvgIpc) is 2.41. The van der Waals surface area contributed by atoms with Crippen LogP contribution < -0.4 is 4.57 Å². The van der Waals surface area contributed by atoms with Gasteiger partial charge in [0.05, 0.1) is 0 Å². The van der Waals surface area contributed by atoms with E-state index in [0.717, 1.165) is 12.8 Å². The number of pyridine rings is 1. The van der Waals surface area contributed by atoms with Crippen LogP contribution in [-0.2, 0) is 18.3 Å². The van der Waals surface area contributed by atoms with Crippen LogP contribution in [0.25, 0.3) is 0 Å². The largest absolute Gasteiger partial charge is 0.481 e. The lowest BCUT2D eigenvalue weighted by atomic mass is 10.0.